The minimum absolute atomic E-state index is 0.0773. The number of hydrogen-bond donors (Lipinski definition) is 0. The van der Waals surface area contributed by atoms with Gasteiger partial charge in [-0.25, -0.2) is 4.39 Å². The molecule has 1 aromatic rings. The Morgan fingerprint density at radius 1 is 1.43 bits per heavy atom. The molecule has 1 fully saturated rings. The van der Waals surface area contributed by atoms with Crippen molar-refractivity contribution in [3.05, 3.63) is 35.6 Å². The highest BCUT2D eigenvalue weighted by Gasteiger charge is 2.46. The first-order valence-electron chi connectivity index (χ1n) is 9.79. The van der Waals surface area contributed by atoms with Gasteiger partial charge in [-0.1, -0.05) is 17.3 Å². The molecule has 2 unspecified atom stereocenters. The number of nitrogens with zero attached hydrogens (tertiary/aromatic N) is 2. The Balaban J connectivity index is 1.72. The lowest BCUT2D eigenvalue weighted by Gasteiger charge is -2.41. The summed E-state index contributed by atoms with van der Waals surface area (Å²) in [6.07, 6.45) is 2.20. The van der Waals surface area contributed by atoms with Crippen molar-refractivity contribution in [1.29, 1.82) is 0 Å². The van der Waals surface area contributed by atoms with Crippen molar-refractivity contribution in [2.24, 2.45) is 10.6 Å². The van der Waals surface area contributed by atoms with E-state index in [2.05, 4.69) is 5.16 Å². The molecule has 1 aromatic carbocycles. The summed E-state index contributed by atoms with van der Waals surface area (Å²) in [4.78, 5) is 32.0. The second-order valence-electron chi connectivity index (χ2n) is 7.70. The number of benzene rings is 1. The van der Waals surface area contributed by atoms with Crippen LogP contribution < -0.4 is 0 Å². The molecule has 0 N–H and O–H groups in total. The minimum Gasteiger partial charge on any atom is -0.466 e. The zero-order valence-corrected chi connectivity index (χ0v) is 16.4. The van der Waals surface area contributed by atoms with Crippen molar-refractivity contribution >= 4 is 17.5 Å². The second kappa shape index (κ2) is 8.82. The van der Waals surface area contributed by atoms with Crippen molar-refractivity contribution in [3.8, 4) is 0 Å². The van der Waals surface area contributed by atoms with E-state index in [0.29, 0.717) is 50.2 Å². The number of halogens is 1. The molecule has 0 spiro atoms. The molecule has 0 saturated carbocycles. The largest absolute Gasteiger partial charge is 0.466 e. The molecule has 1 saturated heterocycles. The summed E-state index contributed by atoms with van der Waals surface area (Å²) in [6.45, 7) is 5.25. The zero-order valence-electron chi connectivity index (χ0n) is 16.4. The van der Waals surface area contributed by atoms with Gasteiger partial charge in [-0.3, -0.25) is 14.5 Å². The Bertz CT molecular complexity index is 767. The smallest absolute Gasteiger partial charge is 0.313 e. The molecule has 0 aliphatic carbocycles. The van der Waals surface area contributed by atoms with Crippen molar-refractivity contribution in [3.63, 3.8) is 0 Å². The average molecular weight is 390 g/mol. The summed E-state index contributed by atoms with van der Waals surface area (Å²) >= 11 is 0. The Kier molecular flexibility index (Phi) is 6.44. The molecule has 0 radical (unpaired) electrons. The molecule has 2 heterocycles. The Hall–Kier alpha value is -2.28. The topological polar surface area (TPSA) is 68.2 Å². The average Bonchev–Trinajstić information content (AvgIpc) is 3.10. The summed E-state index contributed by atoms with van der Waals surface area (Å²) in [5.41, 5.74) is 0.649. The van der Waals surface area contributed by atoms with Crippen LogP contribution in [0.3, 0.4) is 0 Å². The number of carbonyl (C=O) groups is 2. The standard InChI is InChI=1S/C21H27FN2O4/c1-3-27-20(26)21(8-5-9-24(14-21)13-15(2)25)12-18-11-19(23-28-18)16-6-4-7-17(22)10-16/h4,6-7,10,18H,3,5,8-9,11-14H2,1-2H3. The van der Waals surface area contributed by atoms with Crippen molar-refractivity contribution in [1.82, 2.24) is 4.90 Å². The Morgan fingerprint density at radius 3 is 2.96 bits per heavy atom. The third-order valence-electron chi connectivity index (χ3n) is 5.32. The van der Waals surface area contributed by atoms with Gasteiger partial charge in [0.15, 0.2) is 0 Å². The van der Waals surface area contributed by atoms with E-state index in [1.54, 1.807) is 26.0 Å². The van der Waals surface area contributed by atoms with Crippen molar-refractivity contribution in [2.45, 2.75) is 45.6 Å². The first-order chi connectivity index (χ1) is 13.4. The van der Waals surface area contributed by atoms with Gasteiger partial charge >= 0.3 is 5.97 Å². The summed E-state index contributed by atoms with van der Waals surface area (Å²) in [7, 11) is 0. The fourth-order valence-corrected chi connectivity index (χ4v) is 4.19. The number of esters is 1. The molecule has 3 rings (SSSR count). The fourth-order valence-electron chi connectivity index (χ4n) is 4.19. The predicted octanol–water partition coefficient (Wildman–Crippen LogP) is 2.94. The van der Waals surface area contributed by atoms with Gasteiger partial charge in [-0.2, -0.15) is 0 Å². The van der Waals surface area contributed by atoms with E-state index >= 15 is 0 Å². The quantitative estimate of drug-likeness (QED) is 0.670. The van der Waals surface area contributed by atoms with Gasteiger partial charge in [0, 0.05) is 24.9 Å². The molecule has 0 bridgehead atoms. The SMILES string of the molecule is CCOC(=O)C1(CC2CC(c3cccc(F)c3)=NO2)CCCN(CC(C)=O)C1. The second-order valence-corrected chi connectivity index (χ2v) is 7.70. The van der Waals surface area contributed by atoms with E-state index in [9.17, 15) is 14.0 Å². The molecular formula is C21H27FN2O4. The van der Waals surface area contributed by atoms with Crippen LogP contribution in [0.2, 0.25) is 0 Å². The first kappa shape index (κ1) is 20.5. The van der Waals surface area contributed by atoms with Crippen LogP contribution in [0.25, 0.3) is 0 Å². The summed E-state index contributed by atoms with van der Waals surface area (Å²) in [5, 5.41) is 4.13. The maximum absolute atomic E-state index is 13.5. The maximum atomic E-state index is 13.5. The van der Waals surface area contributed by atoms with Gasteiger partial charge in [0.2, 0.25) is 0 Å². The molecule has 28 heavy (non-hydrogen) atoms. The van der Waals surface area contributed by atoms with Crippen LogP contribution >= 0.6 is 0 Å². The highest BCUT2D eigenvalue weighted by atomic mass is 19.1. The van der Waals surface area contributed by atoms with Crippen LogP contribution in [0, 0.1) is 11.2 Å². The highest BCUT2D eigenvalue weighted by Crippen LogP contribution is 2.39. The number of likely N-dealkylation sites (tertiary alicyclic amines) is 1. The van der Waals surface area contributed by atoms with Gasteiger partial charge in [-0.15, -0.1) is 0 Å². The number of ether oxygens (including phenoxy) is 1. The van der Waals surface area contributed by atoms with Crippen LogP contribution in [0.1, 0.15) is 45.1 Å². The normalized spacial score (nSPS) is 25.1. The number of hydrogen-bond acceptors (Lipinski definition) is 6. The van der Waals surface area contributed by atoms with Gasteiger partial charge in [0.25, 0.3) is 0 Å². The predicted molar refractivity (Wildman–Crippen MR) is 102 cm³/mol. The lowest BCUT2D eigenvalue weighted by molar-refractivity contribution is -0.162. The van der Waals surface area contributed by atoms with E-state index in [1.807, 2.05) is 4.90 Å². The van der Waals surface area contributed by atoms with E-state index in [4.69, 9.17) is 9.57 Å². The number of Topliss-reactive ketones (excluding diaryl/α,β-unsaturated/α-hetero) is 1. The van der Waals surface area contributed by atoms with Crippen LogP contribution in [0.15, 0.2) is 29.4 Å². The minimum atomic E-state index is -0.721. The third-order valence-corrected chi connectivity index (χ3v) is 5.32. The van der Waals surface area contributed by atoms with Gasteiger partial charge in [0.05, 0.1) is 24.3 Å². The van der Waals surface area contributed by atoms with E-state index < -0.39 is 5.41 Å². The van der Waals surface area contributed by atoms with Gasteiger partial charge in [0.1, 0.15) is 17.7 Å². The van der Waals surface area contributed by atoms with E-state index in [-0.39, 0.29) is 23.7 Å². The number of oxime groups is 1. The Labute approximate surface area is 164 Å². The molecule has 7 heteroatoms. The molecule has 2 atom stereocenters. The van der Waals surface area contributed by atoms with Crippen LogP contribution in [0.4, 0.5) is 4.39 Å². The first-order valence-corrected chi connectivity index (χ1v) is 9.79. The van der Waals surface area contributed by atoms with E-state index in [1.165, 1.54) is 12.1 Å². The molecule has 0 aromatic heterocycles. The van der Waals surface area contributed by atoms with Gasteiger partial charge < -0.3 is 9.57 Å². The number of ketones is 1. The van der Waals surface area contributed by atoms with E-state index in [0.717, 1.165) is 13.0 Å². The Morgan fingerprint density at radius 2 is 2.25 bits per heavy atom. The summed E-state index contributed by atoms with van der Waals surface area (Å²) < 4.78 is 18.9. The zero-order chi connectivity index (χ0) is 20.1. The molecule has 0 amide bonds. The van der Waals surface area contributed by atoms with Crippen LogP contribution in [0.5, 0.6) is 0 Å². The maximum Gasteiger partial charge on any atom is 0.313 e. The highest BCUT2D eigenvalue weighted by molar-refractivity contribution is 6.01. The lowest BCUT2D eigenvalue weighted by atomic mass is 9.74. The molecule has 2 aliphatic heterocycles. The number of carbonyl (C=O) groups excluding carboxylic acids is 2. The monoisotopic (exact) mass is 390 g/mol. The fraction of sp³-hybridized carbons (Fsp3) is 0.571. The third kappa shape index (κ3) is 4.76. The van der Waals surface area contributed by atoms with Crippen molar-refractivity contribution < 1.29 is 23.6 Å². The van der Waals surface area contributed by atoms with Crippen LogP contribution in [-0.4, -0.2) is 54.7 Å². The van der Waals surface area contributed by atoms with Gasteiger partial charge in [-0.05, 0) is 45.4 Å². The summed E-state index contributed by atoms with van der Waals surface area (Å²) in [5.74, 6) is -0.488. The molecule has 152 valence electrons. The summed E-state index contributed by atoms with van der Waals surface area (Å²) in [6, 6.07) is 6.25. The molecule has 2 aliphatic rings. The lowest BCUT2D eigenvalue weighted by Crippen LogP contribution is -2.51. The number of rotatable bonds is 7. The number of piperidine rings is 1. The molecular weight excluding hydrogens is 363 g/mol. The van der Waals surface area contributed by atoms with Crippen LogP contribution in [-0.2, 0) is 19.2 Å². The molecule has 6 nitrogen and oxygen atoms in total. The van der Waals surface area contributed by atoms with Crippen molar-refractivity contribution in [2.75, 3.05) is 26.2 Å².